The van der Waals surface area contributed by atoms with Gasteiger partial charge in [-0.3, -0.25) is 9.59 Å². The fourth-order valence-corrected chi connectivity index (χ4v) is 4.52. The van der Waals surface area contributed by atoms with Crippen LogP contribution in [0.1, 0.15) is 71.1 Å². The summed E-state index contributed by atoms with van der Waals surface area (Å²) in [7, 11) is 1.39. The van der Waals surface area contributed by atoms with Crippen LogP contribution in [0.25, 0.3) is 0 Å². The highest BCUT2D eigenvalue weighted by atomic mass is 16.5. The van der Waals surface area contributed by atoms with E-state index in [2.05, 4.69) is 11.7 Å². The number of hydrogen-bond acceptors (Lipinski definition) is 5. The first-order chi connectivity index (χ1) is 13.4. The predicted octanol–water partition coefficient (Wildman–Crippen LogP) is 3.73. The Hall–Kier alpha value is -1.46. The molecule has 2 aliphatic rings. The van der Waals surface area contributed by atoms with E-state index in [1.54, 1.807) is 0 Å². The summed E-state index contributed by atoms with van der Waals surface area (Å²) in [6.45, 7) is 2.14. The Kier molecular flexibility index (Phi) is 8.90. The molecule has 2 N–H and O–H groups in total. The molecule has 2 fully saturated rings. The zero-order chi connectivity index (χ0) is 20.6. The number of hydrogen-bond donors (Lipinski definition) is 2. The molecule has 0 saturated heterocycles. The van der Waals surface area contributed by atoms with Crippen molar-refractivity contribution in [2.45, 2.75) is 83.3 Å². The number of methoxy groups -OCH3 is 1. The van der Waals surface area contributed by atoms with Gasteiger partial charge < -0.3 is 14.9 Å². The fraction of sp³-hybridized carbons (Fsp3) is 0.739. The molecule has 28 heavy (non-hydrogen) atoms. The van der Waals surface area contributed by atoms with Crippen LogP contribution in [0, 0.1) is 17.3 Å². The topological polar surface area (TPSA) is 83.8 Å². The monoisotopic (exact) mass is 392 g/mol. The molecule has 4 atom stereocenters. The lowest BCUT2D eigenvalue weighted by molar-refractivity contribution is -0.140. The molecule has 0 aromatic carbocycles. The number of ketones is 1. The number of carbonyl (C=O) groups excluding carboxylic acids is 2. The van der Waals surface area contributed by atoms with E-state index in [-0.39, 0.29) is 41.5 Å². The van der Waals surface area contributed by atoms with Crippen LogP contribution >= 0.6 is 0 Å². The van der Waals surface area contributed by atoms with Gasteiger partial charge in [0.05, 0.1) is 19.3 Å². The van der Waals surface area contributed by atoms with E-state index in [1.165, 1.54) is 13.5 Å². The summed E-state index contributed by atoms with van der Waals surface area (Å²) in [6, 6.07) is 0. The molecular weight excluding hydrogens is 356 g/mol. The molecule has 0 aliphatic heterocycles. The van der Waals surface area contributed by atoms with Crippen LogP contribution in [-0.2, 0) is 14.3 Å². The van der Waals surface area contributed by atoms with Crippen molar-refractivity contribution in [2.75, 3.05) is 7.11 Å². The van der Waals surface area contributed by atoms with Gasteiger partial charge in [-0.2, -0.15) is 0 Å². The number of unbranched alkanes of at least 4 members (excludes halogenated alkanes) is 1. The van der Waals surface area contributed by atoms with E-state index in [9.17, 15) is 19.8 Å². The summed E-state index contributed by atoms with van der Waals surface area (Å²) in [5, 5.41) is 20.8. The first-order valence-electron chi connectivity index (χ1n) is 10.7. The van der Waals surface area contributed by atoms with Crippen molar-refractivity contribution in [3.8, 4) is 0 Å². The molecule has 158 valence electrons. The highest BCUT2D eigenvalue weighted by Gasteiger charge is 2.42. The average molecular weight is 393 g/mol. The Bertz CT molecular complexity index is 570. The van der Waals surface area contributed by atoms with E-state index in [0.717, 1.165) is 32.1 Å². The zero-order valence-electron chi connectivity index (χ0n) is 17.3. The smallest absolute Gasteiger partial charge is 0.305 e. The third kappa shape index (κ3) is 5.77. The standard InChI is InChI=1S/C23H36O5/c1-3-23(14-9-15-23)21(26)12-8-11-18-17(19(24)16-20(18)25)10-6-4-5-7-13-22(27)28-2/h4,6,8,11,17-18,20-21,25-26H,3,5,7,9-10,12-16H2,1-2H3/t17-,18-,20-,21?/m1/s1. The van der Waals surface area contributed by atoms with Crippen LogP contribution in [0.15, 0.2) is 24.3 Å². The molecule has 0 amide bonds. The third-order valence-electron chi connectivity index (χ3n) is 6.75. The minimum Gasteiger partial charge on any atom is -0.469 e. The van der Waals surface area contributed by atoms with Crippen LogP contribution in [0.5, 0.6) is 0 Å². The molecule has 2 saturated carbocycles. The quantitative estimate of drug-likeness (QED) is 0.318. The number of esters is 1. The largest absolute Gasteiger partial charge is 0.469 e. The second-order valence-corrected chi connectivity index (χ2v) is 8.35. The summed E-state index contributed by atoms with van der Waals surface area (Å²) in [6.07, 6.45) is 14.5. The van der Waals surface area contributed by atoms with Gasteiger partial charge in [0, 0.05) is 24.7 Å². The van der Waals surface area contributed by atoms with Gasteiger partial charge >= 0.3 is 5.97 Å². The second-order valence-electron chi connectivity index (χ2n) is 8.35. The summed E-state index contributed by atoms with van der Waals surface area (Å²) >= 11 is 0. The number of aliphatic hydroxyl groups excluding tert-OH is 2. The van der Waals surface area contributed by atoms with Crippen molar-refractivity contribution < 1.29 is 24.5 Å². The molecular formula is C23H36O5. The Labute approximate surface area is 168 Å². The summed E-state index contributed by atoms with van der Waals surface area (Å²) in [5.41, 5.74) is 0.0702. The minimum atomic E-state index is -0.637. The van der Waals surface area contributed by atoms with Crippen LogP contribution in [-0.4, -0.2) is 41.3 Å². The molecule has 1 unspecified atom stereocenters. The van der Waals surface area contributed by atoms with Crippen molar-refractivity contribution in [2.24, 2.45) is 17.3 Å². The van der Waals surface area contributed by atoms with Crippen molar-refractivity contribution in [3.63, 3.8) is 0 Å². The maximum atomic E-state index is 12.3. The Morgan fingerprint density at radius 3 is 2.68 bits per heavy atom. The first-order valence-corrected chi connectivity index (χ1v) is 10.7. The van der Waals surface area contributed by atoms with Gasteiger partial charge in [-0.05, 0) is 50.4 Å². The highest BCUT2D eigenvalue weighted by molar-refractivity contribution is 5.84. The first kappa shape index (κ1) is 22.8. The van der Waals surface area contributed by atoms with E-state index < -0.39 is 6.10 Å². The Morgan fingerprint density at radius 1 is 1.32 bits per heavy atom. The number of ether oxygens (including phenoxy) is 1. The molecule has 0 spiro atoms. The van der Waals surface area contributed by atoms with E-state index in [0.29, 0.717) is 19.3 Å². The van der Waals surface area contributed by atoms with Crippen LogP contribution in [0.2, 0.25) is 0 Å². The lowest BCUT2D eigenvalue weighted by Crippen LogP contribution is -2.40. The molecule has 0 aromatic heterocycles. The summed E-state index contributed by atoms with van der Waals surface area (Å²) in [4.78, 5) is 23.3. The summed E-state index contributed by atoms with van der Waals surface area (Å²) < 4.78 is 4.61. The number of Topliss-reactive ketones (excluding diaryl/α,β-unsaturated/α-hetero) is 1. The second kappa shape index (κ2) is 10.9. The number of carbonyl (C=O) groups is 2. The van der Waals surface area contributed by atoms with Gasteiger partial charge in [-0.25, -0.2) is 0 Å². The highest BCUT2D eigenvalue weighted by Crippen LogP contribution is 2.47. The molecule has 5 nitrogen and oxygen atoms in total. The van der Waals surface area contributed by atoms with Gasteiger partial charge in [0.1, 0.15) is 5.78 Å². The van der Waals surface area contributed by atoms with Gasteiger partial charge in [-0.1, -0.05) is 37.6 Å². The lowest BCUT2D eigenvalue weighted by Gasteiger charge is -2.45. The molecule has 0 radical (unpaired) electrons. The van der Waals surface area contributed by atoms with Crippen molar-refractivity contribution in [1.82, 2.24) is 0 Å². The fourth-order valence-electron chi connectivity index (χ4n) is 4.52. The molecule has 0 aromatic rings. The van der Waals surface area contributed by atoms with Crippen LogP contribution in [0.4, 0.5) is 0 Å². The van der Waals surface area contributed by atoms with E-state index in [4.69, 9.17) is 0 Å². The number of aliphatic hydroxyl groups is 2. The third-order valence-corrected chi connectivity index (χ3v) is 6.75. The minimum absolute atomic E-state index is 0.0702. The lowest BCUT2D eigenvalue weighted by atomic mass is 9.63. The van der Waals surface area contributed by atoms with Gasteiger partial charge in [0.25, 0.3) is 0 Å². The maximum absolute atomic E-state index is 12.3. The van der Waals surface area contributed by atoms with Crippen LogP contribution in [0.3, 0.4) is 0 Å². The van der Waals surface area contributed by atoms with Gasteiger partial charge in [0.15, 0.2) is 0 Å². The normalized spacial score (nSPS) is 28.0. The molecule has 0 bridgehead atoms. The Balaban J connectivity index is 1.82. The predicted molar refractivity (Wildman–Crippen MR) is 109 cm³/mol. The van der Waals surface area contributed by atoms with Gasteiger partial charge in [-0.15, -0.1) is 0 Å². The average Bonchev–Trinajstić information content (AvgIpc) is 2.90. The number of rotatable bonds is 11. The summed E-state index contributed by atoms with van der Waals surface area (Å²) in [5.74, 6) is -0.491. The number of allylic oxidation sites excluding steroid dienone is 2. The van der Waals surface area contributed by atoms with E-state index >= 15 is 0 Å². The molecule has 2 aliphatic carbocycles. The maximum Gasteiger partial charge on any atom is 0.305 e. The molecule has 2 rings (SSSR count). The molecule has 5 heteroatoms. The SMILES string of the molecule is CCC1(C(O)CC=C[C@H]2[C@H](O)CC(=O)[C@@H]2CC=CCCCC(=O)OC)CCC1. The Morgan fingerprint density at radius 2 is 2.07 bits per heavy atom. The van der Waals surface area contributed by atoms with Crippen molar-refractivity contribution in [1.29, 1.82) is 0 Å². The van der Waals surface area contributed by atoms with Gasteiger partial charge in [0.2, 0.25) is 0 Å². The van der Waals surface area contributed by atoms with Crippen molar-refractivity contribution in [3.05, 3.63) is 24.3 Å². The zero-order valence-corrected chi connectivity index (χ0v) is 17.3. The van der Waals surface area contributed by atoms with Crippen LogP contribution < -0.4 is 0 Å². The van der Waals surface area contributed by atoms with E-state index in [1.807, 2.05) is 24.3 Å². The van der Waals surface area contributed by atoms with Crippen molar-refractivity contribution >= 4 is 11.8 Å². The molecule has 0 heterocycles.